The van der Waals surface area contributed by atoms with Crippen molar-refractivity contribution in [3.8, 4) is 0 Å². The molecule has 2 aromatic rings. The van der Waals surface area contributed by atoms with Gasteiger partial charge >= 0.3 is 0 Å². The van der Waals surface area contributed by atoms with Gasteiger partial charge in [-0.2, -0.15) is 0 Å². The standard InChI is InChI=1S/C26H41Cl2N5/c1-2-3-4-5-6-7-8-9-10-11-12-13-14-15-18-30-25-24(29)26(32-20-31-25)33-23-17-16-21(27)19-22(23)28/h16-17,19-20H,2-15,18,29H2,1H3,(H2,30,31,32,33). The second kappa shape index (κ2) is 16.8. The number of nitrogen functional groups attached to an aromatic ring is 1. The third-order valence-corrected chi connectivity index (χ3v) is 6.44. The molecule has 33 heavy (non-hydrogen) atoms. The van der Waals surface area contributed by atoms with E-state index in [1.807, 2.05) is 0 Å². The molecule has 2 rings (SSSR count). The number of nitrogens with two attached hydrogens (primary N) is 1. The fourth-order valence-electron chi connectivity index (χ4n) is 3.88. The summed E-state index contributed by atoms with van der Waals surface area (Å²) in [5, 5.41) is 7.58. The molecule has 1 aromatic carbocycles. The predicted molar refractivity (Wildman–Crippen MR) is 145 cm³/mol. The van der Waals surface area contributed by atoms with Crippen LogP contribution < -0.4 is 16.4 Å². The Hall–Kier alpha value is -1.72. The molecular weight excluding hydrogens is 453 g/mol. The van der Waals surface area contributed by atoms with E-state index in [0.717, 1.165) is 13.0 Å². The molecular formula is C26H41Cl2N5. The lowest BCUT2D eigenvalue weighted by atomic mass is 10.0. The van der Waals surface area contributed by atoms with Gasteiger partial charge in [0.1, 0.15) is 12.0 Å². The van der Waals surface area contributed by atoms with Crippen molar-refractivity contribution in [2.24, 2.45) is 0 Å². The molecule has 0 bridgehead atoms. The third kappa shape index (κ3) is 11.3. The van der Waals surface area contributed by atoms with Gasteiger partial charge < -0.3 is 16.4 Å². The molecule has 0 aliphatic heterocycles. The first-order valence-electron chi connectivity index (χ1n) is 12.7. The van der Waals surface area contributed by atoms with Gasteiger partial charge in [0.2, 0.25) is 0 Å². The van der Waals surface area contributed by atoms with Gasteiger partial charge in [0.15, 0.2) is 11.6 Å². The molecule has 0 atom stereocenters. The number of nitrogens with one attached hydrogen (secondary N) is 2. The number of anilines is 4. The van der Waals surface area contributed by atoms with Crippen molar-refractivity contribution in [3.05, 3.63) is 34.6 Å². The number of hydrogen-bond acceptors (Lipinski definition) is 5. The van der Waals surface area contributed by atoms with Gasteiger partial charge in [-0.05, 0) is 24.6 Å². The Morgan fingerprint density at radius 3 is 1.88 bits per heavy atom. The molecule has 0 aliphatic rings. The zero-order valence-corrected chi connectivity index (χ0v) is 21.7. The molecule has 0 fully saturated rings. The number of rotatable bonds is 18. The van der Waals surface area contributed by atoms with Gasteiger partial charge in [0, 0.05) is 11.6 Å². The van der Waals surface area contributed by atoms with Crippen molar-refractivity contribution >= 4 is 46.2 Å². The minimum atomic E-state index is 0.480. The van der Waals surface area contributed by atoms with Gasteiger partial charge in [-0.25, -0.2) is 9.97 Å². The van der Waals surface area contributed by atoms with E-state index >= 15 is 0 Å². The minimum Gasteiger partial charge on any atom is -0.393 e. The van der Waals surface area contributed by atoms with Gasteiger partial charge in [-0.3, -0.25) is 0 Å². The number of benzene rings is 1. The van der Waals surface area contributed by atoms with Crippen LogP contribution in [0, 0.1) is 0 Å². The van der Waals surface area contributed by atoms with E-state index in [2.05, 4.69) is 27.5 Å². The molecule has 7 heteroatoms. The zero-order chi connectivity index (χ0) is 23.7. The van der Waals surface area contributed by atoms with Crippen molar-refractivity contribution < 1.29 is 0 Å². The van der Waals surface area contributed by atoms with Crippen LogP contribution >= 0.6 is 23.2 Å². The smallest absolute Gasteiger partial charge is 0.159 e. The minimum absolute atomic E-state index is 0.480. The second-order valence-electron chi connectivity index (χ2n) is 8.76. The maximum Gasteiger partial charge on any atom is 0.159 e. The maximum absolute atomic E-state index is 6.25. The molecule has 4 N–H and O–H groups in total. The quantitative estimate of drug-likeness (QED) is 0.180. The van der Waals surface area contributed by atoms with Crippen LogP contribution in [-0.2, 0) is 0 Å². The third-order valence-electron chi connectivity index (χ3n) is 5.89. The van der Waals surface area contributed by atoms with Crippen LogP contribution in [0.25, 0.3) is 0 Å². The predicted octanol–water partition coefficient (Wildman–Crippen LogP) is 9.00. The summed E-state index contributed by atoms with van der Waals surface area (Å²) in [6.07, 6.45) is 20.5. The molecule has 0 spiro atoms. The van der Waals surface area contributed by atoms with Crippen LogP contribution in [0.1, 0.15) is 96.8 Å². The van der Waals surface area contributed by atoms with Gasteiger partial charge in [0.05, 0.1) is 10.7 Å². The second-order valence-corrected chi connectivity index (χ2v) is 9.60. The van der Waals surface area contributed by atoms with Crippen molar-refractivity contribution in [2.75, 3.05) is 22.9 Å². The number of aromatic nitrogens is 2. The maximum atomic E-state index is 6.25. The van der Waals surface area contributed by atoms with Crippen LogP contribution in [0.4, 0.5) is 23.0 Å². The molecule has 1 aromatic heterocycles. The Morgan fingerprint density at radius 1 is 0.758 bits per heavy atom. The highest BCUT2D eigenvalue weighted by atomic mass is 35.5. The highest BCUT2D eigenvalue weighted by molar-refractivity contribution is 6.36. The number of nitrogens with zero attached hydrogens (tertiary/aromatic N) is 2. The monoisotopic (exact) mass is 493 g/mol. The average Bonchev–Trinajstić information content (AvgIpc) is 2.80. The summed E-state index contributed by atoms with van der Waals surface area (Å²) >= 11 is 12.2. The van der Waals surface area contributed by atoms with Gasteiger partial charge in [-0.15, -0.1) is 0 Å². The van der Waals surface area contributed by atoms with Crippen molar-refractivity contribution in [1.29, 1.82) is 0 Å². The normalized spacial score (nSPS) is 11.0. The summed E-state index contributed by atoms with van der Waals surface area (Å²) in [6, 6.07) is 5.24. The molecule has 184 valence electrons. The Morgan fingerprint density at radius 2 is 1.30 bits per heavy atom. The topological polar surface area (TPSA) is 75.9 Å². The summed E-state index contributed by atoms with van der Waals surface area (Å²) in [5.41, 5.74) is 7.43. The molecule has 0 saturated carbocycles. The molecule has 1 heterocycles. The lowest BCUT2D eigenvalue weighted by molar-refractivity contribution is 0.537. The molecule has 0 aliphatic carbocycles. The molecule has 0 radical (unpaired) electrons. The van der Waals surface area contributed by atoms with E-state index < -0.39 is 0 Å². The Balaban J connectivity index is 1.54. The van der Waals surface area contributed by atoms with Crippen LogP contribution in [-0.4, -0.2) is 16.5 Å². The van der Waals surface area contributed by atoms with Crippen molar-refractivity contribution in [1.82, 2.24) is 9.97 Å². The summed E-state index contributed by atoms with van der Waals surface area (Å²) in [4.78, 5) is 8.52. The average molecular weight is 495 g/mol. The Labute approximate surface area is 210 Å². The highest BCUT2D eigenvalue weighted by Crippen LogP contribution is 2.31. The lowest BCUT2D eigenvalue weighted by Crippen LogP contribution is -2.09. The van der Waals surface area contributed by atoms with Crippen LogP contribution in [0.2, 0.25) is 10.0 Å². The van der Waals surface area contributed by atoms with E-state index in [0.29, 0.717) is 33.1 Å². The van der Waals surface area contributed by atoms with Gasteiger partial charge in [0.25, 0.3) is 0 Å². The van der Waals surface area contributed by atoms with Crippen LogP contribution in [0.5, 0.6) is 0 Å². The van der Waals surface area contributed by atoms with E-state index in [1.165, 1.54) is 89.8 Å². The molecule has 0 unspecified atom stereocenters. The zero-order valence-electron chi connectivity index (χ0n) is 20.1. The summed E-state index contributed by atoms with van der Waals surface area (Å²) in [7, 11) is 0. The highest BCUT2D eigenvalue weighted by Gasteiger charge is 2.10. The van der Waals surface area contributed by atoms with E-state index in [-0.39, 0.29) is 0 Å². The van der Waals surface area contributed by atoms with Crippen LogP contribution in [0.3, 0.4) is 0 Å². The fraction of sp³-hybridized carbons (Fsp3) is 0.615. The fourth-order valence-corrected chi connectivity index (χ4v) is 4.34. The largest absolute Gasteiger partial charge is 0.393 e. The first kappa shape index (κ1) is 27.5. The number of halogens is 2. The van der Waals surface area contributed by atoms with E-state index in [1.54, 1.807) is 18.2 Å². The molecule has 0 amide bonds. The molecule has 5 nitrogen and oxygen atoms in total. The molecule has 0 saturated heterocycles. The lowest BCUT2D eigenvalue weighted by Gasteiger charge is -2.13. The Kier molecular flexibility index (Phi) is 14.0. The summed E-state index contributed by atoms with van der Waals surface area (Å²) < 4.78 is 0. The number of unbranched alkanes of at least 4 members (excludes halogenated alkanes) is 13. The van der Waals surface area contributed by atoms with E-state index in [4.69, 9.17) is 28.9 Å². The first-order valence-corrected chi connectivity index (χ1v) is 13.4. The summed E-state index contributed by atoms with van der Waals surface area (Å²) in [6.45, 7) is 3.12. The van der Waals surface area contributed by atoms with Gasteiger partial charge in [-0.1, -0.05) is 114 Å². The first-order chi connectivity index (χ1) is 16.1. The number of hydrogen-bond donors (Lipinski definition) is 3. The van der Waals surface area contributed by atoms with Crippen molar-refractivity contribution in [3.63, 3.8) is 0 Å². The SMILES string of the molecule is CCCCCCCCCCCCCCCCNc1ncnc(Nc2ccc(Cl)cc2Cl)c1N. The summed E-state index contributed by atoms with van der Waals surface area (Å²) in [5.74, 6) is 1.17. The van der Waals surface area contributed by atoms with Crippen molar-refractivity contribution in [2.45, 2.75) is 96.8 Å². The van der Waals surface area contributed by atoms with Crippen LogP contribution in [0.15, 0.2) is 24.5 Å². The van der Waals surface area contributed by atoms with E-state index in [9.17, 15) is 0 Å². The Bertz CT molecular complexity index is 800.